The van der Waals surface area contributed by atoms with Gasteiger partial charge in [-0.3, -0.25) is 9.88 Å². The molecular weight excluding hydrogens is 526 g/mol. The van der Waals surface area contributed by atoms with E-state index < -0.39 is 24.3 Å². The molecule has 2 N–H and O–H groups in total. The minimum Gasteiger partial charge on any atom is -0.475 e. The van der Waals surface area contributed by atoms with Crippen LogP contribution in [0.1, 0.15) is 30.7 Å². The quantitative estimate of drug-likeness (QED) is 0.498. The average molecular weight is 554 g/mol. The summed E-state index contributed by atoms with van der Waals surface area (Å²) in [6, 6.07) is 4.60. The summed E-state index contributed by atoms with van der Waals surface area (Å²) in [5, 5.41) is 14.2. The number of alkyl halides is 6. The number of rotatable bonds is 7. The number of halogens is 6. The van der Waals surface area contributed by atoms with Crippen LogP contribution in [0.25, 0.3) is 0 Å². The zero-order valence-electron chi connectivity index (χ0n) is 20.3. The summed E-state index contributed by atoms with van der Waals surface area (Å²) in [5.41, 5.74) is 1.29. The van der Waals surface area contributed by atoms with Crippen LogP contribution in [-0.4, -0.2) is 79.2 Å². The van der Waals surface area contributed by atoms with Crippen molar-refractivity contribution in [1.29, 1.82) is 0 Å². The number of likely N-dealkylation sites (tertiary alicyclic amines) is 1. The number of carboxylic acid groups (broad SMARTS) is 2. The maximum Gasteiger partial charge on any atom is 0.490 e. The fraction of sp³-hybridized carbons (Fsp3) is 0.565. The minimum atomic E-state index is -5.08. The number of nitrogens with zero attached hydrogens (tertiary/aromatic N) is 4. The zero-order chi connectivity index (χ0) is 28.5. The van der Waals surface area contributed by atoms with Crippen LogP contribution >= 0.6 is 0 Å². The van der Waals surface area contributed by atoms with Crippen molar-refractivity contribution >= 4 is 11.9 Å². The van der Waals surface area contributed by atoms with Gasteiger partial charge in [-0.05, 0) is 43.2 Å². The van der Waals surface area contributed by atoms with Gasteiger partial charge >= 0.3 is 24.3 Å². The molecule has 0 spiro atoms. The molecule has 0 amide bonds. The predicted molar refractivity (Wildman–Crippen MR) is 120 cm³/mol. The summed E-state index contributed by atoms with van der Waals surface area (Å²) in [6.07, 6.45) is 2.67. The lowest BCUT2D eigenvalue weighted by atomic mass is 10.0. The van der Waals surface area contributed by atoms with Crippen LogP contribution in [-0.2, 0) is 34.3 Å². The minimum absolute atomic E-state index is 0.325. The first-order chi connectivity index (χ1) is 17.7. The van der Waals surface area contributed by atoms with E-state index in [9.17, 15) is 26.3 Å². The number of aromatic nitrogens is 3. The standard InChI is InChI=1S/C19H26N4O.2C2HF3O2/c1-22-10-8-21-19(22)13-23-9-6-18(24-14-15-4-5-15)17(23)11-16-3-2-7-20-12-16;2*3-2(4,5)1(6)7/h2-3,7-8,10,12,15,17-18H,4-6,9,11,13-14H2,1H3;2*(H,6,7)/t17-,18-;;/m0../s1. The molecule has 0 aromatic carbocycles. The normalized spacial score (nSPS) is 19.7. The third kappa shape index (κ3) is 10.7. The first-order valence-corrected chi connectivity index (χ1v) is 11.5. The smallest absolute Gasteiger partial charge is 0.475 e. The second-order valence-corrected chi connectivity index (χ2v) is 8.77. The van der Waals surface area contributed by atoms with E-state index >= 15 is 0 Å². The maximum absolute atomic E-state index is 10.6. The van der Waals surface area contributed by atoms with Crippen molar-refractivity contribution < 1.29 is 50.9 Å². The number of hydrogen-bond donors (Lipinski definition) is 2. The number of pyridine rings is 1. The third-order valence-electron chi connectivity index (χ3n) is 5.76. The molecule has 2 aliphatic rings. The van der Waals surface area contributed by atoms with Crippen molar-refractivity contribution in [2.75, 3.05) is 13.2 Å². The Balaban J connectivity index is 0.000000301. The molecule has 0 unspecified atom stereocenters. The highest BCUT2D eigenvalue weighted by molar-refractivity contribution is 5.73. The van der Waals surface area contributed by atoms with E-state index in [1.54, 1.807) is 0 Å². The van der Waals surface area contributed by atoms with Gasteiger partial charge in [0.1, 0.15) is 5.82 Å². The Morgan fingerprint density at radius 2 is 1.66 bits per heavy atom. The Morgan fingerprint density at radius 1 is 1.05 bits per heavy atom. The third-order valence-corrected chi connectivity index (χ3v) is 5.76. The Labute approximate surface area is 214 Å². The van der Waals surface area contributed by atoms with Crippen molar-refractivity contribution in [3.05, 3.63) is 48.3 Å². The molecule has 4 rings (SSSR count). The first kappa shape index (κ1) is 31.0. The number of carbonyl (C=O) groups is 2. The second-order valence-electron chi connectivity index (χ2n) is 8.77. The topological polar surface area (TPSA) is 118 Å². The zero-order valence-corrected chi connectivity index (χ0v) is 20.3. The van der Waals surface area contributed by atoms with E-state index in [-0.39, 0.29) is 0 Å². The van der Waals surface area contributed by atoms with Crippen molar-refractivity contribution in [3.63, 3.8) is 0 Å². The molecule has 2 atom stereocenters. The molecule has 1 aliphatic carbocycles. The number of imidazole rings is 1. The molecule has 3 heterocycles. The summed E-state index contributed by atoms with van der Waals surface area (Å²) in [5.74, 6) is -3.58. The molecule has 15 heteroatoms. The van der Waals surface area contributed by atoms with Crippen LogP contribution in [0.3, 0.4) is 0 Å². The highest BCUT2D eigenvalue weighted by atomic mass is 19.4. The molecular formula is C23H28F6N4O5. The predicted octanol–water partition coefficient (Wildman–Crippen LogP) is 3.69. The van der Waals surface area contributed by atoms with Gasteiger partial charge in [0.05, 0.1) is 12.6 Å². The largest absolute Gasteiger partial charge is 0.490 e. The number of aliphatic carboxylic acids is 2. The lowest BCUT2D eigenvalue weighted by Gasteiger charge is -2.28. The highest BCUT2D eigenvalue weighted by Crippen LogP contribution is 2.32. The average Bonchev–Trinajstić information content (AvgIpc) is 3.47. The van der Waals surface area contributed by atoms with Gasteiger partial charge in [0.15, 0.2) is 0 Å². The van der Waals surface area contributed by atoms with E-state index in [0.717, 1.165) is 44.3 Å². The fourth-order valence-corrected chi connectivity index (χ4v) is 3.57. The molecule has 2 aromatic heterocycles. The van der Waals surface area contributed by atoms with Crippen LogP contribution in [0.5, 0.6) is 0 Å². The molecule has 2 fully saturated rings. The molecule has 1 saturated heterocycles. The Kier molecular flexibility index (Phi) is 11.1. The van der Waals surface area contributed by atoms with Crippen LogP contribution in [0.4, 0.5) is 26.3 Å². The Bertz CT molecular complexity index is 1000. The molecule has 1 aliphatic heterocycles. The number of aryl methyl sites for hydroxylation is 1. The van der Waals surface area contributed by atoms with Crippen molar-refractivity contribution in [1.82, 2.24) is 19.4 Å². The summed E-state index contributed by atoms with van der Waals surface area (Å²) >= 11 is 0. The lowest BCUT2D eigenvalue weighted by molar-refractivity contribution is -0.193. The van der Waals surface area contributed by atoms with Gasteiger partial charge in [-0.2, -0.15) is 26.3 Å². The molecule has 2 aromatic rings. The number of carboxylic acids is 2. The van der Waals surface area contributed by atoms with Crippen molar-refractivity contribution in [2.24, 2.45) is 13.0 Å². The lowest BCUT2D eigenvalue weighted by Crippen LogP contribution is -2.38. The van der Waals surface area contributed by atoms with E-state index in [1.807, 2.05) is 30.9 Å². The number of ether oxygens (including phenoxy) is 1. The molecule has 0 bridgehead atoms. The Hall–Kier alpha value is -3.20. The van der Waals surface area contributed by atoms with Gasteiger partial charge < -0.3 is 19.5 Å². The van der Waals surface area contributed by atoms with Crippen LogP contribution in [0.15, 0.2) is 36.9 Å². The van der Waals surface area contributed by atoms with Crippen molar-refractivity contribution in [3.8, 4) is 0 Å². The van der Waals surface area contributed by atoms with Crippen LogP contribution < -0.4 is 0 Å². The SMILES string of the molecule is Cn1ccnc1CN1CC[C@H](OCC2CC2)[C@@H]1Cc1cccnc1.O=C(O)C(F)(F)F.O=C(O)C(F)(F)F. The molecule has 0 radical (unpaired) electrons. The monoisotopic (exact) mass is 554 g/mol. The van der Waals surface area contributed by atoms with Gasteiger partial charge in [-0.1, -0.05) is 6.07 Å². The molecule has 212 valence electrons. The van der Waals surface area contributed by atoms with E-state index in [0.29, 0.717) is 12.1 Å². The van der Waals surface area contributed by atoms with E-state index in [2.05, 4.69) is 32.5 Å². The molecule has 9 nitrogen and oxygen atoms in total. The van der Waals surface area contributed by atoms with Gasteiger partial charge in [-0.15, -0.1) is 0 Å². The molecule has 1 saturated carbocycles. The van der Waals surface area contributed by atoms with Crippen LogP contribution in [0.2, 0.25) is 0 Å². The fourth-order valence-electron chi connectivity index (χ4n) is 3.57. The van der Waals surface area contributed by atoms with Gasteiger partial charge in [0.25, 0.3) is 0 Å². The van der Waals surface area contributed by atoms with Crippen LogP contribution in [0, 0.1) is 5.92 Å². The van der Waals surface area contributed by atoms with E-state index in [4.69, 9.17) is 24.5 Å². The Morgan fingerprint density at radius 3 is 2.11 bits per heavy atom. The first-order valence-electron chi connectivity index (χ1n) is 11.5. The van der Waals surface area contributed by atoms with Gasteiger partial charge in [0.2, 0.25) is 0 Å². The second kappa shape index (κ2) is 13.6. The van der Waals surface area contributed by atoms with Crippen molar-refractivity contribution in [2.45, 2.75) is 56.7 Å². The van der Waals surface area contributed by atoms with Gasteiger partial charge in [-0.25, -0.2) is 14.6 Å². The number of hydrogen-bond acceptors (Lipinski definition) is 6. The summed E-state index contributed by atoms with van der Waals surface area (Å²) in [4.78, 5) is 29.1. The van der Waals surface area contributed by atoms with Gasteiger partial charge in [0, 0.05) is 51.0 Å². The summed E-state index contributed by atoms with van der Waals surface area (Å²) < 4.78 is 71.9. The summed E-state index contributed by atoms with van der Waals surface area (Å²) in [6.45, 7) is 2.90. The molecule has 38 heavy (non-hydrogen) atoms. The highest BCUT2D eigenvalue weighted by Gasteiger charge is 2.39. The van der Waals surface area contributed by atoms with E-state index in [1.165, 1.54) is 18.4 Å². The maximum atomic E-state index is 10.6. The summed E-state index contributed by atoms with van der Waals surface area (Å²) in [7, 11) is 2.07.